The molecule has 0 N–H and O–H groups in total. The quantitative estimate of drug-likeness (QED) is 0.334. The molecule has 0 heterocycles. The zero-order chi connectivity index (χ0) is 25.2. The van der Waals surface area contributed by atoms with Crippen LogP contribution in [-0.2, 0) is 0 Å². The van der Waals surface area contributed by atoms with Crippen molar-refractivity contribution in [2.75, 3.05) is 0 Å². The van der Waals surface area contributed by atoms with E-state index in [4.69, 9.17) is 0 Å². The van der Waals surface area contributed by atoms with E-state index in [9.17, 15) is 0 Å². The van der Waals surface area contributed by atoms with Crippen molar-refractivity contribution < 1.29 is 0 Å². The zero-order valence-electron chi connectivity index (χ0n) is 25.2. The maximum Gasteiger partial charge on any atom is -0.0386 e. The molecule has 2 rings (SSSR count). The Labute approximate surface area is 230 Å². The van der Waals surface area contributed by atoms with Gasteiger partial charge in [0.2, 0.25) is 0 Å². The molecule has 36 heavy (non-hydrogen) atoms. The minimum Gasteiger partial charge on any atom is -0.0533 e. The summed E-state index contributed by atoms with van der Waals surface area (Å²) in [5, 5.41) is 0. The molecular formula is C36H70. The Hall–Kier alpha value is 0. The maximum atomic E-state index is 1.56. The Morgan fingerprint density at radius 2 is 0.250 bits per heavy atom. The molecule has 0 radical (unpaired) electrons. The molecule has 0 heteroatoms. The predicted molar refractivity (Wildman–Crippen MR) is 164 cm³/mol. The highest BCUT2D eigenvalue weighted by Crippen LogP contribution is 2.34. The Balaban J connectivity index is 1.82. The molecule has 0 unspecified atom stereocenters. The lowest BCUT2D eigenvalue weighted by Gasteiger charge is -2.28. The predicted octanol–water partition coefficient (Wildman–Crippen LogP) is 13.5. The van der Waals surface area contributed by atoms with Crippen molar-refractivity contribution in [1.82, 2.24) is 0 Å². The van der Waals surface area contributed by atoms with E-state index in [-0.39, 0.29) is 0 Å². The Bertz CT molecular complexity index is 390. The smallest absolute Gasteiger partial charge is 0.0386 e. The Kier molecular flexibility index (Phi) is 22.6. The summed E-state index contributed by atoms with van der Waals surface area (Å²) in [6, 6.07) is 0. The van der Waals surface area contributed by atoms with Crippen LogP contribution in [0.5, 0.6) is 0 Å². The van der Waals surface area contributed by atoms with E-state index in [1.54, 1.807) is 25.7 Å². The number of hydrogen-bond acceptors (Lipinski definition) is 0. The molecular weight excluding hydrogens is 432 g/mol. The summed E-state index contributed by atoms with van der Waals surface area (Å²) in [4.78, 5) is 0. The van der Waals surface area contributed by atoms with Gasteiger partial charge in [0.05, 0.1) is 0 Å². The van der Waals surface area contributed by atoms with Gasteiger partial charge in [-0.2, -0.15) is 0 Å². The van der Waals surface area contributed by atoms with Gasteiger partial charge in [-0.25, -0.2) is 0 Å². The SMILES string of the molecule is C1CCCCCCCCCC(C2CCCCCCCCCCCCCCC2)CCCCCCCCC1. The van der Waals surface area contributed by atoms with Crippen molar-refractivity contribution in [1.29, 1.82) is 0 Å². The highest BCUT2D eigenvalue weighted by atomic mass is 14.3. The van der Waals surface area contributed by atoms with Gasteiger partial charge >= 0.3 is 0 Å². The van der Waals surface area contributed by atoms with E-state index in [1.807, 2.05) is 0 Å². The van der Waals surface area contributed by atoms with Crippen LogP contribution in [0.25, 0.3) is 0 Å². The van der Waals surface area contributed by atoms with Crippen LogP contribution >= 0.6 is 0 Å². The first-order valence-electron chi connectivity index (χ1n) is 18.0. The average Bonchev–Trinajstić information content (AvgIpc) is 2.88. The molecule has 0 aromatic carbocycles. The van der Waals surface area contributed by atoms with Crippen LogP contribution in [0.1, 0.15) is 218 Å². The van der Waals surface area contributed by atoms with Crippen molar-refractivity contribution in [3.05, 3.63) is 0 Å². The summed E-state index contributed by atoms with van der Waals surface area (Å²) in [7, 11) is 0. The van der Waals surface area contributed by atoms with Crippen LogP contribution in [0.3, 0.4) is 0 Å². The highest BCUT2D eigenvalue weighted by Gasteiger charge is 2.20. The minimum absolute atomic E-state index is 1.05. The van der Waals surface area contributed by atoms with Gasteiger partial charge in [-0.3, -0.25) is 0 Å². The molecule has 0 spiro atoms. The van der Waals surface area contributed by atoms with Gasteiger partial charge < -0.3 is 0 Å². The largest absolute Gasteiger partial charge is 0.0533 e. The van der Waals surface area contributed by atoms with Crippen LogP contribution in [0.15, 0.2) is 0 Å². The monoisotopic (exact) mass is 503 g/mol. The third kappa shape index (κ3) is 19.1. The topological polar surface area (TPSA) is 0 Å². The summed E-state index contributed by atoms with van der Waals surface area (Å²) >= 11 is 0. The molecule has 2 fully saturated rings. The molecule has 0 aromatic rings. The molecule has 214 valence electrons. The number of hydrogen-bond donors (Lipinski definition) is 0. The van der Waals surface area contributed by atoms with Gasteiger partial charge in [-0.05, 0) is 11.8 Å². The first kappa shape index (κ1) is 32.2. The van der Waals surface area contributed by atoms with Crippen LogP contribution < -0.4 is 0 Å². The lowest BCUT2D eigenvalue weighted by molar-refractivity contribution is 0.236. The Morgan fingerprint density at radius 3 is 0.389 bits per heavy atom. The van der Waals surface area contributed by atoms with E-state index in [0.29, 0.717) is 0 Å². The van der Waals surface area contributed by atoms with E-state index in [1.165, 1.54) is 193 Å². The number of rotatable bonds is 1. The molecule has 0 aromatic heterocycles. The van der Waals surface area contributed by atoms with E-state index in [2.05, 4.69) is 0 Å². The summed E-state index contributed by atoms with van der Waals surface area (Å²) in [6.07, 6.45) is 51.6. The second-order valence-corrected chi connectivity index (χ2v) is 13.3. The second-order valence-electron chi connectivity index (χ2n) is 13.3. The van der Waals surface area contributed by atoms with Crippen LogP contribution in [0.2, 0.25) is 0 Å². The first-order valence-corrected chi connectivity index (χ1v) is 18.0. The van der Waals surface area contributed by atoms with Crippen molar-refractivity contribution in [2.24, 2.45) is 11.8 Å². The van der Waals surface area contributed by atoms with Crippen molar-refractivity contribution >= 4 is 0 Å². The minimum atomic E-state index is 1.05. The molecule has 0 aliphatic heterocycles. The lowest BCUT2D eigenvalue weighted by atomic mass is 9.78. The van der Waals surface area contributed by atoms with Crippen molar-refractivity contribution in [2.45, 2.75) is 218 Å². The van der Waals surface area contributed by atoms with E-state index >= 15 is 0 Å². The summed E-state index contributed by atoms with van der Waals surface area (Å²) in [5.41, 5.74) is 0. The fraction of sp³-hybridized carbons (Fsp3) is 1.00. The summed E-state index contributed by atoms with van der Waals surface area (Å²) in [6.45, 7) is 0. The molecule has 0 atom stereocenters. The first-order chi connectivity index (χ1) is 18.0. The lowest BCUT2D eigenvalue weighted by Crippen LogP contribution is -2.16. The Morgan fingerprint density at radius 1 is 0.139 bits per heavy atom. The molecule has 0 nitrogen and oxygen atoms in total. The maximum absolute atomic E-state index is 1.56. The standard InChI is InChI=1S/C36H70/c1-2-4-7-11-15-19-23-27-31-35(32-28-24-20-16-12-8-5-3-1)36-33-29-25-21-17-13-9-6-10-14-18-22-26-30-34-36/h35-36H,1-34H2. The molecule has 2 aliphatic rings. The van der Waals surface area contributed by atoms with Crippen LogP contribution in [0, 0.1) is 11.8 Å². The zero-order valence-corrected chi connectivity index (χ0v) is 25.2. The van der Waals surface area contributed by atoms with Crippen LogP contribution in [-0.4, -0.2) is 0 Å². The summed E-state index contributed by atoms with van der Waals surface area (Å²) < 4.78 is 0. The molecule has 2 aliphatic carbocycles. The fourth-order valence-corrected chi connectivity index (χ4v) is 7.45. The molecule has 2 saturated carbocycles. The van der Waals surface area contributed by atoms with Gasteiger partial charge in [0.25, 0.3) is 0 Å². The van der Waals surface area contributed by atoms with E-state index in [0.717, 1.165) is 11.8 Å². The highest BCUT2D eigenvalue weighted by molar-refractivity contribution is 4.72. The van der Waals surface area contributed by atoms with Gasteiger partial charge in [0.1, 0.15) is 0 Å². The third-order valence-corrected chi connectivity index (χ3v) is 9.97. The third-order valence-electron chi connectivity index (χ3n) is 9.97. The van der Waals surface area contributed by atoms with Gasteiger partial charge in [-0.15, -0.1) is 0 Å². The van der Waals surface area contributed by atoms with Crippen molar-refractivity contribution in [3.8, 4) is 0 Å². The van der Waals surface area contributed by atoms with Gasteiger partial charge in [0.15, 0.2) is 0 Å². The summed E-state index contributed by atoms with van der Waals surface area (Å²) in [5.74, 6) is 2.10. The average molecular weight is 503 g/mol. The van der Waals surface area contributed by atoms with Crippen molar-refractivity contribution in [3.63, 3.8) is 0 Å². The van der Waals surface area contributed by atoms with Gasteiger partial charge in [-0.1, -0.05) is 218 Å². The normalized spacial score (nSPS) is 25.7. The van der Waals surface area contributed by atoms with Crippen LogP contribution in [0.4, 0.5) is 0 Å². The molecule has 0 amide bonds. The molecule has 0 bridgehead atoms. The second kappa shape index (κ2) is 25.3. The molecule has 0 saturated heterocycles. The van der Waals surface area contributed by atoms with E-state index < -0.39 is 0 Å². The van der Waals surface area contributed by atoms with Gasteiger partial charge in [0, 0.05) is 0 Å². The fourth-order valence-electron chi connectivity index (χ4n) is 7.45.